The van der Waals surface area contributed by atoms with Crippen molar-refractivity contribution in [3.8, 4) is 5.75 Å². The van der Waals surface area contributed by atoms with Gasteiger partial charge in [-0.15, -0.1) is 0 Å². The number of hydrogen-bond acceptors (Lipinski definition) is 4. The molecule has 1 heterocycles. The second-order valence-corrected chi connectivity index (χ2v) is 6.12. The summed E-state index contributed by atoms with van der Waals surface area (Å²) in [5, 5.41) is 11.9. The summed E-state index contributed by atoms with van der Waals surface area (Å²) < 4.78 is 5.92. The van der Waals surface area contributed by atoms with Gasteiger partial charge in [0.15, 0.2) is 5.60 Å². The van der Waals surface area contributed by atoms with Crippen LogP contribution in [-0.4, -0.2) is 17.0 Å². The van der Waals surface area contributed by atoms with E-state index in [9.17, 15) is 5.11 Å². The van der Waals surface area contributed by atoms with Gasteiger partial charge in [-0.3, -0.25) is 0 Å². The summed E-state index contributed by atoms with van der Waals surface area (Å²) in [4.78, 5) is 4.29. The molecule has 1 aliphatic heterocycles. The molecule has 22 heavy (non-hydrogen) atoms. The Bertz CT molecular complexity index is 786. The van der Waals surface area contributed by atoms with E-state index in [4.69, 9.17) is 22.1 Å². The van der Waals surface area contributed by atoms with E-state index in [2.05, 4.69) is 4.99 Å². The summed E-state index contributed by atoms with van der Waals surface area (Å²) in [6.07, 6.45) is 2.31. The number of ether oxygens (including phenoxy) is 1. The molecule has 4 rings (SSSR count). The van der Waals surface area contributed by atoms with Crippen LogP contribution < -0.4 is 10.5 Å². The standard InChI is InChI=1S/C17H15ClN2O2/c18-10-5-8-14-13(9-10)17(21,16(19)20-14)12-3-1-2-4-15(12)22-11-6-7-11/h1-5,8-9,11,21H,6-7H2,(H2,19,20). The zero-order valence-corrected chi connectivity index (χ0v) is 12.5. The lowest BCUT2D eigenvalue weighted by Gasteiger charge is -2.27. The van der Waals surface area contributed by atoms with Crippen molar-refractivity contribution < 1.29 is 9.84 Å². The lowest BCUT2D eigenvalue weighted by Crippen LogP contribution is -2.40. The van der Waals surface area contributed by atoms with Crippen molar-refractivity contribution in [2.45, 2.75) is 24.5 Å². The van der Waals surface area contributed by atoms with Gasteiger partial charge in [-0.25, -0.2) is 4.99 Å². The van der Waals surface area contributed by atoms with Gasteiger partial charge in [0.05, 0.1) is 11.8 Å². The van der Waals surface area contributed by atoms with Crippen molar-refractivity contribution in [1.82, 2.24) is 0 Å². The Labute approximate surface area is 133 Å². The minimum atomic E-state index is -1.51. The molecule has 3 N–H and O–H groups in total. The Hall–Kier alpha value is -2.04. The van der Waals surface area contributed by atoms with Gasteiger partial charge in [-0.05, 0) is 37.1 Å². The molecule has 1 fully saturated rings. The van der Waals surface area contributed by atoms with Crippen LogP contribution in [-0.2, 0) is 5.60 Å². The third-order valence-corrected chi connectivity index (χ3v) is 4.29. The number of benzene rings is 2. The number of fused-ring (bicyclic) bond motifs is 1. The molecule has 1 saturated carbocycles. The van der Waals surface area contributed by atoms with Crippen LogP contribution in [0, 0.1) is 0 Å². The van der Waals surface area contributed by atoms with Gasteiger partial charge in [-0.1, -0.05) is 29.8 Å². The topological polar surface area (TPSA) is 67.8 Å². The van der Waals surface area contributed by atoms with E-state index in [0.29, 0.717) is 27.6 Å². The fraction of sp³-hybridized carbons (Fsp3) is 0.235. The van der Waals surface area contributed by atoms with Crippen molar-refractivity contribution in [1.29, 1.82) is 0 Å². The Morgan fingerprint density at radius 3 is 2.73 bits per heavy atom. The first-order valence-electron chi connectivity index (χ1n) is 7.22. The van der Waals surface area contributed by atoms with Gasteiger partial charge >= 0.3 is 0 Å². The number of halogens is 1. The minimum Gasteiger partial charge on any atom is -0.490 e. The minimum absolute atomic E-state index is 0.136. The van der Waals surface area contributed by atoms with Crippen LogP contribution in [0.25, 0.3) is 0 Å². The highest BCUT2D eigenvalue weighted by molar-refractivity contribution is 6.30. The highest BCUT2D eigenvalue weighted by Gasteiger charge is 2.44. The molecule has 112 valence electrons. The van der Waals surface area contributed by atoms with Crippen LogP contribution in [0.5, 0.6) is 5.75 Å². The molecule has 2 aliphatic rings. The van der Waals surface area contributed by atoms with Crippen LogP contribution in [0.4, 0.5) is 5.69 Å². The molecular weight excluding hydrogens is 300 g/mol. The van der Waals surface area contributed by atoms with Crippen molar-refractivity contribution in [2.24, 2.45) is 10.7 Å². The Morgan fingerprint density at radius 1 is 1.18 bits per heavy atom. The normalized spacial score (nSPS) is 23.1. The average molecular weight is 315 g/mol. The van der Waals surface area contributed by atoms with E-state index < -0.39 is 5.60 Å². The predicted octanol–water partition coefficient (Wildman–Crippen LogP) is 3.12. The lowest BCUT2D eigenvalue weighted by molar-refractivity contribution is 0.151. The van der Waals surface area contributed by atoms with Gasteiger partial charge in [0.25, 0.3) is 0 Å². The molecule has 0 radical (unpaired) electrons. The number of para-hydroxylation sites is 1. The maximum atomic E-state index is 11.3. The highest BCUT2D eigenvalue weighted by Crippen LogP contribution is 2.46. The maximum Gasteiger partial charge on any atom is 0.178 e. The molecule has 0 spiro atoms. The summed E-state index contributed by atoms with van der Waals surface area (Å²) in [7, 11) is 0. The highest BCUT2D eigenvalue weighted by atomic mass is 35.5. The SMILES string of the molecule is NC1=Nc2ccc(Cl)cc2C1(O)c1ccccc1OC1CC1. The molecule has 1 atom stereocenters. The van der Waals surface area contributed by atoms with Crippen LogP contribution >= 0.6 is 11.6 Å². The largest absolute Gasteiger partial charge is 0.490 e. The van der Waals surface area contributed by atoms with Crippen molar-refractivity contribution in [3.05, 3.63) is 58.6 Å². The summed E-state index contributed by atoms with van der Waals surface area (Å²) in [5.74, 6) is 0.773. The van der Waals surface area contributed by atoms with Crippen molar-refractivity contribution in [3.63, 3.8) is 0 Å². The molecule has 2 aromatic carbocycles. The summed E-state index contributed by atoms with van der Waals surface area (Å²) in [6.45, 7) is 0. The van der Waals surface area contributed by atoms with Gasteiger partial charge in [0.2, 0.25) is 0 Å². The van der Waals surface area contributed by atoms with Crippen LogP contribution in [0.1, 0.15) is 24.0 Å². The zero-order chi connectivity index (χ0) is 15.3. The molecule has 0 amide bonds. The van der Waals surface area contributed by atoms with E-state index in [1.54, 1.807) is 18.2 Å². The van der Waals surface area contributed by atoms with Gasteiger partial charge in [-0.2, -0.15) is 0 Å². The summed E-state index contributed by atoms with van der Waals surface area (Å²) >= 11 is 6.09. The van der Waals surface area contributed by atoms with E-state index in [0.717, 1.165) is 12.8 Å². The van der Waals surface area contributed by atoms with E-state index in [-0.39, 0.29) is 11.9 Å². The third-order valence-electron chi connectivity index (χ3n) is 4.05. The smallest absolute Gasteiger partial charge is 0.178 e. The second kappa shape index (κ2) is 4.73. The van der Waals surface area contributed by atoms with E-state index in [1.165, 1.54) is 0 Å². The Kier molecular flexibility index (Phi) is 2.93. The number of aliphatic imine (C=N–C) groups is 1. The van der Waals surface area contributed by atoms with Crippen molar-refractivity contribution >= 4 is 23.1 Å². The molecule has 0 bridgehead atoms. The summed E-state index contributed by atoms with van der Waals surface area (Å²) in [5.41, 5.74) is 6.37. The predicted molar refractivity (Wildman–Crippen MR) is 85.8 cm³/mol. The molecule has 1 unspecified atom stereocenters. The molecule has 2 aromatic rings. The van der Waals surface area contributed by atoms with Gasteiger partial charge in [0, 0.05) is 16.1 Å². The van der Waals surface area contributed by atoms with Crippen LogP contribution in [0.15, 0.2) is 47.5 Å². The number of nitrogens with zero attached hydrogens (tertiary/aromatic N) is 1. The lowest BCUT2D eigenvalue weighted by atomic mass is 9.86. The third kappa shape index (κ3) is 1.99. The first kappa shape index (κ1) is 13.6. The number of amidine groups is 1. The Morgan fingerprint density at radius 2 is 1.95 bits per heavy atom. The fourth-order valence-electron chi connectivity index (χ4n) is 2.76. The quantitative estimate of drug-likeness (QED) is 0.914. The molecule has 0 aromatic heterocycles. The first-order chi connectivity index (χ1) is 10.6. The number of aliphatic hydroxyl groups is 1. The number of nitrogens with two attached hydrogens (primary N) is 1. The second-order valence-electron chi connectivity index (χ2n) is 5.68. The van der Waals surface area contributed by atoms with Crippen LogP contribution in [0.3, 0.4) is 0 Å². The first-order valence-corrected chi connectivity index (χ1v) is 7.60. The Balaban J connectivity index is 1.89. The maximum absolute atomic E-state index is 11.3. The monoisotopic (exact) mass is 314 g/mol. The molecule has 0 saturated heterocycles. The van der Waals surface area contributed by atoms with E-state index in [1.807, 2.05) is 24.3 Å². The molecule has 5 heteroatoms. The number of rotatable bonds is 3. The molecule has 4 nitrogen and oxygen atoms in total. The molecule has 1 aliphatic carbocycles. The fourth-order valence-corrected chi connectivity index (χ4v) is 2.93. The average Bonchev–Trinajstić information content (AvgIpc) is 3.28. The molecular formula is C17H15ClN2O2. The van der Waals surface area contributed by atoms with Crippen LogP contribution in [0.2, 0.25) is 5.02 Å². The van der Waals surface area contributed by atoms with Crippen molar-refractivity contribution in [2.75, 3.05) is 0 Å². The number of hydrogen-bond donors (Lipinski definition) is 2. The summed E-state index contributed by atoms with van der Waals surface area (Å²) in [6, 6.07) is 12.6. The van der Waals surface area contributed by atoms with Gasteiger partial charge in [0.1, 0.15) is 11.6 Å². The van der Waals surface area contributed by atoms with Gasteiger partial charge < -0.3 is 15.6 Å². The van der Waals surface area contributed by atoms with E-state index >= 15 is 0 Å². The zero-order valence-electron chi connectivity index (χ0n) is 11.8.